The molecule has 0 aliphatic heterocycles. The van der Waals surface area contributed by atoms with Gasteiger partial charge in [0, 0.05) is 12.0 Å². The molecule has 0 spiro atoms. The van der Waals surface area contributed by atoms with Gasteiger partial charge in [-0.3, -0.25) is 9.59 Å². The van der Waals surface area contributed by atoms with Crippen molar-refractivity contribution in [2.75, 3.05) is 7.11 Å². The third-order valence-corrected chi connectivity index (χ3v) is 4.82. The van der Waals surface area contributed by atoms with E-state index in [0.29, 0.717) is 0 Å². The van der Waals surface area contributed by atoms with Crippen LogP contribution in [-0.4, -0.2) is 38.0 Å². The first-order valence-corrected chi connectivity index (χ1v) is 8.20. The average molecular weight is 344 g/mol. The van der Waals surface area contributed by atoms with Crippen LogP contribution < -0.4 is 15.2 Å². The van der Waals surface area contributed by atoms with E-state index in [0.717, 1.165) is 6.07 Å². The lowest BCUT2D eigenvalue weighted by Crippen LogP contribution is -2.43. The second-order valence-electron chi connectivity index (χ2n) is 5.61. The largest absolute Gasteiger partial charge is 0.496 e. The SMILES string of the molecule is COc1ccc(S(=O)(=O)NC(C)(C)CCC(=O)O)cc1C(N)=O. The maximum absolute atomic E-state index is 12.4. The fourth-order valence-electron chi connectivity index (χ4n) is 1.94. The third kappa shape index (κ3) is 5.22. The highest BCUT2D eigenvalue weighted by atomic mass is 32.2. The van der Waals surface area contributed by atoms with E-state index in [9.17, 15) is 18.0 Å². The Morgan fingerprint density at radius 3 is 2.43 bits per heavy atom. The van der Waals surface area contributed by atoms with Crippen molar-refractivity contribution in [2.24, 2.45) is 5.73 Å². The van der Waals surface area contributed by atoms with Crippen LogP contribution >= 0.6 is 0 Å². The standard InChI is InChI=1S/C14H20N2O6S/c1-14(2,7-6-12(17)18)16-23(20,21)9-4-5-11(22-3)10(8-9)13(15)19/h4-5,8,16H,6-7H2,1-3H3,(H2,15,19)(H,17,18). The molecule has 1 rings (SSSR count). The van der Waals surface area contributed by atoms with E-state index in [-0.39, 0.29) is 29.1 Å². The molecule has 128 valence electrons. The van der Waals surface area contributed by atoms with E-state index in [1.807, 2.05) is 0 Å². The van der Waals surface area contributed by atoms with Crippen LogP contribution in [0.3, 0.4) is 0 Å². The van der Waals surface area contributed by atoms with E-state index < -0.39 is 27.4 Å². The molecule has 1 aromatic rings. The maximum atomic E-state index is 12.4. The third-order valence-electron chi connectivity index (χ3n) is 3.12. The first-order chi connectivity index (χ1) is 10.5. The molecule has 9 heteroatoms. The van der Waals surface area contributed by atoms with Crippen molar-refractivity contribution in [3.63, 3.8) is 0 Å². The molecule has 23 heavy (non-hydrogen) atoms. The zero-order valence-electron chi connectivity index (χ0n) is 13.1. The van der Waals surface area contributed by atoms with Crippen LogP contribution in [-0.2, 0) is 14.8 Å². The summed E-state index contributed by atoms with van der Waals surface area (Å²) in [5.41, 5.74) is 4.19. The van der Waals surface area contributed by atoms with Gasteiger partial charge >= 0.3 is 5.97 Å². The molecule has 0 radical (unpaired) electrons. The number of aliphatic carboxylic acids is 1. The number of hydrogen-bond acceptors (Lipinski definition) is 5. The Labute approximate surface area is 134 Å². The smallest absolute Gasteiger partial charge is 0.303 e. The lowest BCUT2D eigenvalue weighted by Gasteiger charge is -2.25. The highest BCUT2D eigenvalue weighted by Crippen LogP contribution is 2.23. The fraction of sp³-hybridized carbons (Fsp3) is 0.429. The molecule has 0 saturated carbocycles. The summed E-state index contributed by atoms with van der Waals surface area (Å²) < 4.78 is 32.2. The number of benzene rings is 1. The molecule has 1 aromatic carbocycles. The van der Waals surface area contributed by atoms with Gasteiger partial charge in [0.2, 0.25) is 10.0 Å². The van der Waals surface area contributed by atoms with Crippen LogP contribution in [0.4, 0.5) is 0 Å². The molecule has 4 N–H and O–H groups in total. The number of ether oxygens (including phenoxy) is 1. The molecule has 8 nitrogen and oxygen atoms in total. The van der Waals surface area contributed by atoms with Gasteiger partial charge in [0.25, 0.3) is 5.91 Å². The summed E-state index contributed by atoms with van der Waals surface area (Å²) in [6.45, 7) is 3.15. The molecule has 0 unspecified atom stereocenters. The molecule has 0 fully saturated rings. The molecule has 0 heterocycles. The molecule has 0 aromatic heterocycles. The molecule has 0 bridgehead atoms. The number of carboxylic acids is 1. The highest BCUT2D eigenvalue weighted by molar-refractivity contribution is 7.89. The number of nitrogens with one attached hydrogen (secondary N) is 1. The maximum Gasteiger partial charge on any atom is 0.303 e. The minimum atomic E-state index is -3.95. The Morgan fingerprint density at radius 2 is 1.96 bits per heavy atom. The average Bonchev–Trinajstić information content (AvgIpc) is 2.43. The van der Waals surface area contributed by atoms with Crippen molar-refractivity contribution in [1.29, 1.82) is 0 Å². The molecule has 0 saturated heterocycles. The summed E-state index contributed by atoms with van der Waals surface area (Å²) in [5, 5.41) is 8.70. The van der Waals surface area contributed by atoms with E-state index in [1.165, 1.54) is 19.2 Å². The van der Waals surface area contributed by atoms with Crippen LogP contribution in [0, 0.1) is 0 Å². The van der Waals surface area contributed by atoms with Gasteiger partial charge in [0.05, 0.1) is 17.6 Å². The number of rotatable bonds is 8. The summed E-state index contributed by atoms with van der Waals surface area (Å²) in [4.78, 5) is 21.9. The van der Waals surface area contributed by atoms with Gasteiger partial charge in [-0.2, -0.15) is 0 Å². The predicted molar refractivity (Wildman–Crippen MR) is 82.8 cm³/mol. The molecule has 0 atom stereocenters. The normalized spacial score (nSPS) is 12.0. The quantitative estimate of drug-likeness (QED) is 0.635. The minimum Gasteiger partial charge on any atom is -0.496 e. The number of carbonyl (C=O) groups excluding carboxylic acids is 1. The number of hydrogen-bond donors (Lipinski definition) is 3. The Balaban J connectivity index is 3.11. The predicted octanol–water partition coefficient (Wildman–Crippen LogP) is 0.716. The summed E-state index contributed by atoms with van der Waals surface area (Å²) >= 11 is 0. The monoisotopic (exact) mass is 344 g/mol. The van der Waals surface area contributed by atoms with Crippen molar-refractivity contribution < 1.29 is 27.9 Å². The van der Waals surface area contributed by atoms with Crippen LogP contribution in [0.5, 0.6) is 5.75 Å². The zero-order chi connectivity index (χ0) is 17.8. The molecular formula is C14H20N2O6S. The second kappa shape index (κ2) is 6.97. The van der Waals surface area contributed by atoms with E-state index in [4.69, 9.17) is 15.6 Å². The molecule has 0 aliphatic rings. The van der Waals surface area contributed by atoms with Crippen molar-refractivity contribution in [3.05, 3.63) is 23.8 Å². The summed E-state index contributed by atoms with van der Waals surface area (Å²) in [6.07, 6.45) is -0.0644. The van der Waals surface area contributed by atoms with Gasteiger partial charge < -0.3 is 15.6 Å². The Hall–Kier alpha value is -2.13. The van der Waals surface area contributed by atoms with Crippen molar-refractivity contribution in [1.82, 2.24) is 4.72 Å². The lowest BCUT2D eigenvalue weighted by atomic mass is 10.0. The summed E-state index contributed by atoms with van der Waals surface area (Å²) in [6, 6.07) is 3.73. The Morgan fingerprint density at radius 1 is 1.35 bits per heavy atom. The topological polar surface area (TPSA) is 136 Å². The number of carbonyl (C=O) groups is 2. The summed E-state index contributed by atoms with van der Waals surface area (Å²) in [5.74, 6) is -1.66. The number of nitrogens with two attached hydrogens (primary N) is 1. The van der Waals surface area contributed by atoms with Gasteiger partial charge in [-0.1, -0.05) is 0 Å². The number of methoxy groups -OCH3 is 1. The van der Waals surface area contributed by atoms with Crippen LogP contribution in [0.1, 0.15) is 37.0 Å². The number of sulfonamides is 1. The van der Waals surface area contributed by atoms with E-state index in [2.05, 4.69) is 4.72 Å². The lowest BCUT2D eigenvalue weighted by molar-refractivity contribution is -0.137. The van der Waals surface area contributed by atoms with Crippen molar-refractivity contribution >= 4 is 21.9 Å². The molecular weight excluding hydrogens is 324 g/mol. The minimum absolute atomic E-state index is 0.0567. The first-order valence-electron chi connectivity index (χ1n) is 6.72. The number of primary amides is 1. The van der Waals surface area contributed by atoms with Gasteiger partial charge in [-0.25, -0.2) is 13.1 Å². The van der Waals surface area contributed by atoms with Gasteiger partial charge in [-0.15, -0.1) is 0 Å². The van der Waals surface area contributed by atoms with Crippen LogP contribution in [0.25, 0.3) is 0 Å². The van der Waals surface area contributed by atoms with E-state index in [1.54, 1.807) is 13.8 Å². The number of carboxylic acid groups (broad SMARTS) is 1. The van der Waals surface area contributed by atoms with Gasteiger partial charge in [0.1, 0.15) is 5.75 Å². The Bertz CT molecular complexity index is 712. The van der Waals surface area contributed by atoms with Gasteiger partial charge in [-0.05, 0) is 38.5 Å². The zero-order valence-corrected chi connectivity index (χ0v) is 13.9. The van der Waals surface area contributed by atoms with Crippen molar-refractivity contribution in [3.8, 4) is 5.75 Å². The molecule has 1 amide bonds. The highest BCUT2D eigenvalue weighted by Gasteiger charge is 2.27. The van der Waals surface area contributed by atoms with E-state index >= 15 is 0 Å². The molecule has 0 aliphatic carbocycles. The summed E-state index contributed by atoms with van der Waals surface area (Å²) in [7, 11) is -2.62. The van der Waals surface area contributed by atoms with Gasteiger partial charge in [0.15, 0.2) is 0 Å². The van der Waals surface area contributed by atoms with Crippen molar-refractivity contribution in [2.45, 2.75) is 37.1 Å². The van der Waals surface area contributed by atoms with Crippen LogP contribution in [0.2, 0.25) is 0 Å². The Kier molecular flexibility index (Phi) is 5.73. The fourth-order valence-corrected chi connectivity index (χ4v) is 3.41. The first kappa shape index (κ1) is 18.9. The van der Waals surface area contributed by atoms with Crippen LogP contribution in [0.15, 0.2) is 23.1 Å². The second-order valence-corrected chi connectivity index (χ2v) is 7.29. The number of amides is 1.